The second-order valence-corrected chi connectivity index (χ2v) is 4.17. The van der Waals surface area contributed by atoms with Crippen LogP contribution in [0.25, 0.3) is 0 Å². The molecule has 0 aliphatic carbocycles. The maximum Gasteiger partial charge on any atom is 0.232 e. The summed E-state index contributed by atoms with van der Waals surface area (Å²) in [6, 6.07) is 3.35. The minimum absolute atomic E-state index is 0.000787. The molecule has 1 fully saturated rings. The fourth-order valence-corrected chi connectivity index (χ4v) is 1.84. The lowest BCUT2D eigenvalue weighted by atomic mass is 10.1. The van der Waals surface area contributed by atoms with Crippen molar-refractivity contribution in [2.24, 2.45) is 5.92 Å². The number of hydrogen-bond acceptors (Lipinski definition) is 2. The molecular formula is C12H11F2NO2. The smallest absolute Gasteiger partial charge is 0.232 e. The number of carbonyl (C=O) groups is 2. The highest BCUT2D eigenvalue weighted by Crippen LogP contribution is 2.21. The van der Waals surface area contributed by atoms with E-state index >= 15 is 0 Å². The van der Waals surface area contributed by atoms with Crippen molar-refractivity contribution in [1.29, 1.82) is 0 Å². The zero-order valence-corrected chi connectivity index (χ0v) is 9.24. The third-order valence-electron chi connectivity index (χ3n) is 2.79. The van der Waals surface area contributed by atoms with Gasteiger partial charge >= 0.3 is 0 Å². The summed E-state index contributed by atoms with van der Waals surface area (Å²) in [5, 5.41) is 0. The fourth-order valence-electron chi connectivity index (χ4n) is 1.84. The largest absolute Gasteiger partial charge is 0.278 e. The Morgan fingerprint density at radius 3 is 2.53 bits per heavy atom. The van der Waals surface area contributed by atoms with E-state index < -0.39 is 11.6 Å². The molecule has 1 aliphatic heterocycles. The number of imide groups is 1. The first-order chi connectivity index (χ1) is 7.99. The molecule has 1 aliphatic rings. The van der Waals surface area contributed by atoms with Gasteiger partial charge in [0, 0.05) is 12.3 Å². The first kappa shape index (κ1) is 11.7. The lowest BCUT2D eigenvalue weighted by Crippen LogP contribution is -2.29. The van der Waals surface area contributed by atoms with Crippen molar-refractivity contribution in [3.63, 3.8) is 0 Å². The summed E-state index contributed by atoms with van der Waals surface area (Å²) < 4.78 is 25.7. The van der Waals surface area contributed by atoms with Gasteiger partial charge in [-0.3, -0.25) is 14.5 Å². The molecule has 1 unspecified atom stereocenters. The van der Waals surface area contributed by atoms with Crippen LogP contribution in [0.1, 0.15) is 18.9 Å². The monoisotopic (exact) mass is 239 g/mol. The molecule has 1 heterocycles. The van der Waals surface area contributed by atoms with Gasteiger partial charge in [-0.25, -0.2) is 8.78 Å². The van der Waals surface area contributed by atoms with Crippen molar-refractivity contribution in [2.75, 3.05) is 0 Å². The fraction of sp³-hybridized carbons (Fsp3) is 0.333. The minimum Gasteiger partial charge on any atom is -0.278 e. The van der Waals surface area contributed by atoms with Crippen LogP contribution in [0.3, 0.4) is 0 Å². The molecule has 0 spiro atoms. The van der Waals surface area contributed by atoms with Gasteiger partial charge in [0.25, 0.3) is 0 Å². The van der Waals surface area contributed by atoms with Gasteiger partial charge in [0.15, 0.2) is 11.6 Å². The van der Waals surface area contributed by atoms with Crippen LogP contribution in [0.4, 0.5) is 8.78 Å². The van der Waals surface area contributed by atoms with Crippen LogP contribution < -0.4 is 0 Å². The molecule has 3 nitrogen and oxygen atoms in total. The zero-order chi connectivity index (χ0) is 12.6. The van der Waals surface area contributed by atoms with Gasteiger partial charge in [-0.2, -0.15) is 0 Å². The Morgan fingerprint density at radius 2 is 2.00 bits per heavy atom. The second kappa shape index (κ2) is 4.24. The van der Waals surface area contributed by atoms with E-state index in [9.17, 15) is 18.4 Å². The highest BCUT2D eigenvalue weighted by Gasteiger charge is 2.35. The minimum atomic E-state index is -0.977. The van der Waals surface area contributed by atoms with Crippen molar-refractivity contribution in [2.45, 2.75) is 19.9 Å². The molecule has 0 bridgehead atoms. The molecule has 1 aromatic rings. The van der Waals surface area contributed by atoms with E-state index in [4.69, 9.17) is 0 Å². The van der Waals surface area contributed by atoms with Crippen molar-refractivity contribution in [3.05, 3.63) is 35.4 Å². The molecule has 5 heteroatoms. The van der Waals surface area contributed by atoms with Crippen LogP contribution >= 0.6 is 0 Å². The van der Waals surface area contributed by atoms with Gasteiger partial charge in [-0.1, -0.05) is 13.0 Å². The molecule has 0 saturated carbocycles. The normalized spacial score (nSPS) is 20.2. The Balaban J connectivity index is 2.18. The predicted molar refractivity (Wildman–Crippen MR) is 55.7 cm³/mol. The number of halogens is 2. The Bertz CT molecular complexity index is 487. The SMILES string of the molecule is CC1CC(=O)N(Cc2ccc(F)c(F)c2)C1=O. The summed E-state index contributed by atoms with van der Waals surface area (Å²) >= 11 is 0. The van der Waals surface area contributed by atoms with E-state index in [-0.39, 0.29) is 30.7 Å². The van der Waals surface area contributed by atoms with Crippen molar-refractivity contribution in [1.82, 2.24) is 4.90 Å². The van der Waals surface area contributed by atoms with E-state index in [0.717, 1.165) is 17.0 Å². The van der Waals surface area contributed by atoms with E-state index in [0.29, 0.717) is 5.56 Å². The van der Waals surface area contributed by atoms with Gasteiger partial charge in [-0.15, -0.1) is 0 Å². The third kappa shape index (κ3) is 2.18. The zero-order valence-electron chi connectivity index (χ0n) is 9.24. The number of hydrogen-bond donors (Lipinski definition) is 0. The molecule has 2 amide bonds. The lowest BCUT2D eigenvalue weighted by Gasteiger charge is -2.14. The Labute approximate surface area is 97.0 Å². The highest BCUT2D eigenvalue weighted by molar-refractivity contribution is 6.03. The summed E-state index contributed by atoms with van der Waals surface area (Å²) in [5.74, 6) is -2.78. The van der Waals surface area contributed by atoms with E-state index in [1.807, 2.05) is 0 Å². The van der Waals surface area contributed by atoms with Crippen molar-refractivity contribution < 1.29 is 18.4 Å². The second-order valence-electron chi connectivity index (χ2n) is 4.17. The molecule has 1 atom stereocenters. The van der Waals surface area contributed by atoms with Gasteiger partial charge < -0.3 is 0 Å². The van der Waals surface area contributed by atoms with Crippen LogP contribution in [0.5, 0.6) is 0 Å². The molecule has 0 N–H and O–H groups in total. The quantitative estimate of drug-likeness (QED) is 0.739. The number of rotatable bonds is 2. The Kier molecular flexibility index (Phi) is 2.92. The molecule has 1 aromatic carbocycles. The van der Waals surface area contributed by atoms with E-state index in [2.05, 4.69) is 0 Å². The average Bonchev–Trinajstić information content (AvgIpc) is 2.50. The molecule has 0 radical (unpaired) electrons. The van der Waals surface area contributed by atoms with Crippen LogP contribution in [0.2, 0.25) is 0 Å². The van der Waals surface area contributed by atoms with Gasteiger partial charge in [0.1, 0.15) is 0 Å². The highest BCUT2D eigenvalue weighted by atomic mass is 19.2. The molecule has 2 rings (SSSR count). The van der Waals surface area contributed by atoms with E-state index in [1.165, 1.54) is 6.07 Å². The number of benzene rings is 1. The summed E-state index contributed by atoms with van der Waals surface area (Å²) in [5.41, 5.74) is 0.403. The maximum absolute atomic E-state index is 13.0. The van der Waals surface area contributed by atoms with Crippen molar-refractivity contribution in [3.8, 4) is 0 Å². The van der Waals surface area contributed by atoms with Gasteiger partial charge in [0.05, 0.1) is 6.54 Å². The lowest BCUT2D eigenvalue weighted by molar-refractivity contribution is -0.139. The summed E-state index contributed by atoms with van der Waals surface area (Å²) in [4.78, 5) is 24.2. The van der Waals surface area contributed by atoms with Crippen LogP contribution in [0.15, 0.2) is 18.2 Å². The van der Waals surface area contributed by atoms with Gasteiger partial charge in [0.2, 0.25) is 11.8 Å². The first-order valence-electron chi connectivity index (χ1n) is 5.27. The van der Waals surface area contributed by atoms with Crippen molar-refractivity contribution >= 4 is 11.8 Å². The van der Waals surface area contributed by atoms with Crippen LogP contribution in [-0.4, -0.2) is 16.7 Å². The number of nitrogens with zero attached hydrogens (tertiary/aromatic N) is 1. The molecule has 1 saturated heterocycles. The standard InChI is InChI=1S/C12H11F2NO2/c1-7-4-11(16)15(12(7)17)6-8-2-3-9(13)10(14)5-8/h2-3,5,7H,4,6H2,1H3. The number of amides is 2. The predicted octanol–water partition coefficient (Wildman–Crippen LogP) is 1.86. The topological polar surface area (TPSA) is 37.4 Å². The number of likely N-dealkylation sites (tertiary alicyclic amines) is 1. The summed E-state index contributed by atoms with van der Waals surface area (Å²) in [6.07, 6.45) is 0.183. The number of carbonyl (C=O) groups excluding carboxylic acids is 2. The first-order valence-corrected chi connectivity index (χ1v) is 5.27. The summed E-state index contributed by atoms with van der Waals surface area (Å²) in [7, 11) is 0. The molecule has 17 heavy (non-hydrogen) atoms. The van der Waals surface area contributed by atoms with Crippen LogP contribution in [-0.2, 0) is 16.1 Å². The van der Waals surface area contributed by atoms with Gasteiger partial charge in [-0.05, 0) is 17.7 Å². The molecule has 0 aromatic heterocycles. The Hall–Kier alpha value is -1.78. The third-order valence-corrected chi connectivity index (χ3v) is 2.79. The molecular weight excluding hydrogens is 228 g/mol. The summed E-state index contributed by atoms with van der Waals surface area (Å²) in [6.45, 7) is 1.67. The van der Waals surface area contributed by atoms with Crippen LogP contribution in [0, 0.1) is 17.6 Å². The Morgan fingerprint density at radius 1 is 1.29 bits per heavy atom. The molecule has 90 valence electrons. The maximum atomic E-state index is 13.0. The average molecular weight is 239 g/mol. The van der Waals surface area contributed by atoms with E-state index in [1.54, 1.807) is 6.92 Å².